The Balaban J connectivity index is 1.44. The van der Waals surface area contributed by atoms with E-state index in [1.807, 2.05) is 0 Å². The first-order chi connectivity index (χ1) is 13.2. The van der Waals surface area contributed by atoms with E-state index in [9.17, 15) is 24.2 Å². The van der Waals surface area contributed by atoms with E-state index in [4.69, 9.17) is 4.74 Å². The van der Waals surface area contributed by atoms with Crippen LogP contribution in [-0.4, -0.2) is 63.9 Å². The van der Waals surface area contributed by atoms with Gasteiger partial charge in [-0.25, -0.2) is 4.39 Å². The van der Waals surface area contributed by atoms with Crippen LogP contribution >= 0.6 is 0 Å². The molecule has 0 aliphatic carbocycles. The van der Waals surface area contributed by atoms with E-state index in [0.29, 0.717) is 38.0 Å². The molecule has 2 heterocycles. The highest BCUT2D eigenvalue weighted by molar-refractivity contribution is 5.93. The highest BCUT2D eigenvalue weighted by Crippen LogP contribution is 2.39. The first kappa shape index (κ1) is 20.7. The molecule has 2 saturated heterocycles. The summed E-state index contributed by atoms with van der Waals surface area (Å²) in [5, 5.41) is 22.8. The van der Waals surface area contributed by atoms with Gasteiger partial charge in [-0.2, -0.15) is 0 Å². The number of ether oxygens (including phenoxy) is 1. The monoisotopic (exact) mass is 394 g/mol. The second-order valence-electron chi connectivity index (χ2n) is 7.98. The van der Waals surface area contributed by atoms with E-state index in [2.05, 4.69) is 5.32 Å². The van der Waals surface area contributed by atoms with E-state index < -0.39 is 23.1 Å². The molecule has 1 aromatic carbocycles. The predicted molar refractivity (Wildman–Crippen MR) is 100 cm³/mol. The van der Waals surface area contributed by atoms with Gasteiger partial charge in [0, 0.05) is 38.0 Å². The lowest BCUT2D eigenvalue weighted by Crippen LogP contribution is -2.59. The number of hydrogen-bond donors (Lipinski definition) is 3. The molecule has 2 fully saturated rings. The minimum absolute atomic E-state index is 0.0222. The van der Waals surface area contributed by atoms with Crippen molar-refractivity contribution in [3.05, 3.63) is 30.1 Å². The summed E-state index contributed by atoms with van der Waals surface area (Å²) < 4.78 is 19.0. The molecule has 2 atom stereocenters. The number of amides is 2. The maximum atomic E-state index is 13.1. The number of likely N-dealkylation sites (tertiary alicyclic amines) is 1. The molecule has 28 heavy (non-hydrogen) atoms. The summed E-state index contributed by atoms with van der Waals surface area (Å²) in [6.45, 7) is 2.66. The third-order valence-corrected chi connectivity index (χ3v) is 5.65. The van der Waals surface area contributed by atoms with Crippen LogP contribution in [0.15, 0.2) is 24.3 Å². The molecule has 0 aromatic heterocycles. The quantitative estimate of drug-likeness (QED) is 0.718. The van der Waals surface area contributed by atoms with Crippen molar-refractivity contribution in [3.8, 4) is 0 Å². The number of aliphatic hydroxyl groups is 2. The second-order valence-corrected chi connectivity index (χ2v) is 7.98. The molecule has 0 saturated carbocycles. The number of carbonyl (C=O) groups excluding carboxylic acids is 2. The molecule has 2 aliphatic rings. The Hall–Kier alpha value is -2.03. The minimum Gasteiger partial charge on any atom is -0.388 e. The Morgan fingerprint density at radius 1 is 1.32 bits per heavy atom. The highest BCUT2D eigenvalue weighted by atomic mass is 19.1. The number of benzene rings is 1. The Morgan fingerprint density at radius 2 is 2.04 bits per heavy atom. The molecule has 2 aliphatic heterocycles. The smallest absolute Gasteiger partial charge is 0.224 e. The van der Waals surface area contributed by atoms with Crippen LogP contribution < -0.4 is 5.32 Å². The van der Waals surface area contributed by atoms with Crippen LogP contribution in [0.5, 0.6) is 0 Å². The van der Waals surface area contributed by atoms with E-state index >= 15 is 0 Å². The van der Waals surface area contributed by atoms with Crippen LogP contribution in [0.25, 0.3) is 0 Å². The van der Waals surface area contributed by atoms with Crippen molar-refractivity contribution in [1.29, 1.82) is 0 Å². The zero-order chi connectivity index (χ0) is 20.4. The lowest BCUT2D eigenvalue weighted by atomic mass is 9.76. The molecular formula is C20H27FN2O5. The van der Waals surface area contributed by atoms with Crippen LogP contribution in [0.3, 0.4) is 0 Å². The molecule has 0 unspecified atom stereocenters. The third kappa shape index (κ3) is 4.87. The van der Waals surface area contributed by atoms with Gasteiger partial charge in [0.05, 0.1) is 17.8 Å². The maximum absolute atomic E-state index is 13.1. The molecule has 7 nitrogen and oxygen atoms in total. The van der Waals surface area contributed by atoms with E-state index in [0.717, 1.165) is 0 Å². The Labute approximate surface area is 163 Å². The van der Waals surface area contributed by atoms with Crippen molar-refractivity contribution in [2.45, 2.75) is 56.3 Å². The van der Waals surface area contributed by atoms with Gasteiger partial charge < -0.3 is 25.2 Å². The van der Waals surface area contributed by atoms with Gasteiger partial charge in [-0.15, -0.1) is 0 Å². The van der Waals surface area contributed by atoms with Crippen LogP contribution in [0.2, 0.25) is 0 Å². The zero-order valence-corrected chi connectivity index (χ0v) is 16.0. The number of rotatable bonds is 4. The van der Waals surface area contributed by atoms with E-state index in [-0.39, 0.29) is 31.3 Å². The largest absolute Gasteiger partial charge is 0.388 e. The summed E-state index contributed by atoms with van der Waals surface area (Å²) in [4.78, 5) is 26.1. The number of carbonyl (C=O) groups is 2. The third-order valence-electron chi connectivity index (χ3n) is 5.65. The summed E-state index contributed by atoms with van der Waals surface area (Å²) in [5.74, 6) is -0.896. The van der Waals surface area contributed by atoms with Crippen molar-refractivity contribution in [2.75, 3.05) is 25.0 Å². The average molecular weight is 394 g/mol. The van der Waals surface area contributed by atoms with Crippen molar-refractivity contribution in [1.82, 2.24) is 4.90 Å². The molecular weight excluding hydrogens is 367 g/mol. The Morgan fingerprint density at radius 3 is 2.68 bits per heavy atom. The predicted octanol–water partition coefficient (Wildman–Crippen LogP) is 1.44. The molecule has 0 radical (unpaired) electrons. The molecule has 2 amide bonds. The molecule has 154 valence electrons. The SMILES string of the molecule is C[C@]1(O)CC2(CCN(C(=O)CCC(=O)Nc3cccc(F)c3)CC2)OC[C@@H]1O. The van der Waals surface area contributed by atoms with Gasteiger partial charge in [0.15, 0.2) is 0 Å². The van der Waals surface area contributed by atoms with Gasteiger partial charge in [0.1, 0.15) is 11.9 Å². The number of anilines is 1. The van der Waals surface area contributed by atoms with E-state index in [1.54, 1.807) is 17.9 Å². The fraction of sp³-hybridized carbons (Fsp3) is 0.600. The Kier molecular flexibility index (Phi) is 6.02. The first-order valence-electron chi connectivity index (χ1n) is 9.57. The number of nitrogens with zero attached hydrogens (tertiary/aromatic N) is 1. The molecule has 1 spiro atoms. The van der Waals surface area contributed by atoms with Crippen LogP contribution in [0.4, 0.5) is 10.1 Å². The second kappa shape index (κ2) is 8.14. The molecule has 0 bridgehead atoms. The average Bonchev–Trinajstić information content (AvgIpc) is 2.63. The van der Waals surface area contributed by atoms with Gasteiger partial charge in [-0.1, -0.05) is 6.07 Å². The number of piperidine rings is 1. The topological polar surface area (TPSA) is 99.1 Å². The molecule has 3 N–H and O–H groups in total. The van der Waals surface area contributed by atoms with Crippen molar-refractivity contribution < 1.29 is 28.9 Å². The van der Waals surface area contributed by atoms with Crippen LogP contribution in [-0.2, 0) is 14.3 Å². The zero-order valence-electron chi connectivity index (χ0n) is 16.0. The minimum atomic E-state index is -1.20. The lowest BCUT2D eigenvalue weighted by Gasteiger charge is -2.49. The summed E-state index contributed by atoms with van der Waals surface area (Å²) in [6, 6.07) is 5.60. The lowest BCUT2D eigenvalue weighted by molar-refractivity contribution is -0.222. The number of hydrogen-bond acceptors (Lipinski definition) is 5. The number of aliphatic hydroxyl groups excluding tert-OH is 1. The Bertz CT molecular complexity index is 731. The van der Waals surface area contributed by atoms with Gasteiger partial charge in [0.25, 0.3) is 0 Å². The first-order valence-corrected chi connectivity index (χ1v) is 9.57. The van der Waals surface area contributed by atoms with E-state index in [1.165, 1.54) is 18.2 Å². The summed E-state index contributed by atoms with van der Waals surface area (Å²) in [6.07, 6.45) is 0.683. The molecule has 8 heteroatoms. The van der Waals surface area contributed by atoms with Gasteiger partial charge in [-0.05, 0) is 38.0 Å². The van der Waals surface area contributed by atoms with Gasteiger partial charge in [-0.3, -0.25) is 9.59 Å². The fourth-order valence-corrected chi connectivity index (χ4v) is 3.91. The summed E-state index contributed by atoms with van der Waals surface area (Å²) in [5.41, 5.74) is -1.35. The standard InChI is InChI=1S/C20H27FN2O5/c1-19(27)13-20(28-12-16(19)24)7-9-23(10-8-20)18(26)6-5-17(25)22-15-4-2-3-14(21)11-15/h2-4,11,16,24,27H,5-10,12-13H2,1H3,(H,22,25)/t16-,19-/m0/s1. The fourth-order valence-electron chi connectivity index (χ4n) is 3.91. The van der Waals surface area contributed by atoms with Crippen molar-refractivity contribution >= 4 is 17.5 Å². The van der Waals surface area contributed by atoms with Crippen LogP contribution in [0.1, 0.15) is 39.0 Å². The van der Waals surface area contributed by atoms with Gasteiger partial charge >= 0.3 is 0 Å². The number of nitrogens with one attached hydrogen (secondary N) is 1. The highest BCUT2D eigenvalue weighted by Gasteiger charge is 2.48. The van der Waals surface area contributed by atoms with Gasteiger partial charge in [0.2, 0.25) is 11.8 Å². The molecule has 3 rings (SSSR count). The molecule has 1 aromatic rings. The van der Waals surface area contributed by atoms with Crippen molar-refractivity contribution in [2.24, 2.45) is 0 Å². The van der Waals surface area contributed by atoms with Crippen molar-refractivity contribution in [3.63, 3.8) is 0 Å². The van der Waals surface area contributed by atoms with Crippen LogP contribution in [0, 0.1) is 5.82 Å². The summed E-state index contributed by atoms with van der Waals surface area (Å²) >= 11 is 0. The normalized spacial score (nSPS) is 26.9. The summed E-state index contributed by atoms with van der Waals surface area (Å²) in [7, 11) is 0. The number of halogens is 1. The maximum Gasteiger partial charge on any atom is 0.224 e.